The van der Waals surface area contributed by atoms with Crippen molar-refractivity contribution in [3.05, 3.63) is 0 Å². The summed E-state index contributed by atoms with van der Waals surface area (Å²) in [4.78, 5) is 2.65. The van der Waals surface area contributed by atoms with Gasteiger partial charge in [0, 0.05) is 25.2 Å². The maximum Gasteiger partial charge on any atom is 0.0674 e. The zero-order valence-corrected chi connectivity index (χ0v) is 11.8. The van der Waals surface area contributed by atoms with Crippen LogP contribution in [0.15, 0.2) is 0 Å². The van der Waals surface area contributed by atoms with Crippen molar-refractivity contribution >= 4 is 0 Å². The number of hydrogen-bond donors (Lipinski definition) is 1. The van der Waals surface area contributed by atoms with Crippen molar-refractivity contribution in [3.63, 3.8) is 0 Å². The predicted molar refractivity (Wildman–Crippen MR) is 71.3 cm³/mol. The van der Waals surface area contributed by atoms with E-state index >= 15 is 0 Å². The van der Waals surface area contributed by atoms with Crippen molar-refractivity contribution in [3.8, 4) is 0 Å². The maximum atomic E-state index is 5.66. The molecule has 3 heteroatoms. The lowest BCUT2D eigenvalue weighted by atomic mass is 9.70. The SMILES string of the molecule is CNC1C(N2CCOC(C)C2)CCCC1(C)C. The van der Waals surface area contributed by atoms with Crippen LogP contribution < -0.4 is 5.32 Å². The molecule has 1 heterocycles. The Morgan fingerprint density at radius 1 is 1.35 bits per heavy atom. The highest BCUT2D eigenvalue weighted by Gasteiger charge is 2.41. The molecule has 3 atom stereocenters. The van der Waals surface area contributed by atoms with Gasteiger partial charge in [-0.3, -0.25) is 4.90 Å². The van der Waals surface area contributed by atoms with Crippen LogP contribution in [-0.4, -0.2) is 49.8 Å². The average molecular weight is 240 g/mol. The average Bonchev–Trinajstić information content (AvgIpc) is 2.27. The molecule has 1 saturated carbocycles. The van der Waals surface area contributed by atoms with Crippen molar-refractivity contribution in [2.75, 3.05) is 26.7 Å². The van der Waals surface area contributed by atoms with Crippen molar-refractivity contribution in [1.82, 2.24) is 10.2 Å². The van der Waals surface area contributed by atoms with Gasteiger partial charge in [0.1, 0.15) is 0 Å². The molecule has 0 spiro atoms. The van der Waals surface area contributed by atoms with Gasteiger partial charge in [0.05, 0.1) is 12.7 Å². The van der Waals surface area contributed by atoms with Crippen LogP contribution in [-0.2, 0) is 4.74 Å². The molecule has 2 rings (SSSR count). The van der Waals surface area contributed by atoms with E-state index in [0.29, 0.717) is 23.6 Å². The molecule has 0 aromatic heterocycles. The van der Waals surface area contributed by atoms with E-state index in [1.54, 1.807) is 0 Å². The first-order chi connectivity index (χ1) is 8.04. The van der Waals surface area contributed by atoms with E-state index in [1.807, 2.05) is 0 Å². The number of likely N-dealkylation sites (N-methyl/N-ethyl adjacent to an activating group) is 1. The van der Waals surface area contributed by atoms with Crippen molar-refractivity contribution < 1.29 is 4.74 Å². The van der Waals surface area contributed by atoms with Gasteiger partial charge in [-0.2, -0.15) is 0 Å². The largest absolute Gasteiger partial charge is 0.376 e. The standard InChI is InChI=1S/C14H28N2O/c1-11-10-16(8-9-17-11)12-6-5-7-14(2,3)13(12)15-4/h11-13,15H,5-10H2,1-4H3. The summed E-state index contributed by atoms with van der Waals surface area (Å²) in [5.74, 6) is 0. The minimum atomic E-state index is 0.395. The molecular weight excluding hydrogens is 212 g/mol. The number of nitrogens with one attached hydrogen (secondary N) is 1. The van der Waals surface area contributed by atoms with Crippen molar-refractivity contribution in [2.45, 2.75) is 58.2 Å². The smallest absolute Gasteiger partial charge is 0.0674 e. The Morgan fingerprint density at radius 3 is 2.76 bits per heavy atom. The number of hydrogen-bond acceptors (Lipinski definition) is 3. The van der Waals surface area contributed by atoms with E-state index in [-0.39, 0.29) is 0 Å². The van der Waals surface area contributed by atoms with Crippen LogP contribution in [0.4, 0.5) is 0 Å². The Bertz CT molecular complexity index is 255. The van der Waals surface area contributed by atoms with Gasteiger partial charge in [0.15, 0.2) is 0 Å². The van der Waals surface area contributed by atoms with Gasteiger partial charge >= 0.3 is 0 Å². The second-order valence-corrected chi connectivity index (χ2v) is 6.39. The Balaban J connectivity index is 2.07. The first-order valence-corrected chi connectivity index (χ1v) is 7.07. The van der Waals surface area contributed by atoms with Gasteiger partial charge < -0.3 is 10.1 Å². The van der Waals surface area contributed by atoms with Crippen molar-refractivity contribution in [1.29, 1.82) is 0 Å². The number of rotatable bonds is 2. The summed E-state index contributed by atoms with van der Waals surface area (Å²) in [6.07, 6.45) is 4.43. The third-order valence-corrected chi connectivity index (χ3v) is 4.60. The predicted octanol–water partition coefficient (Wildman–Crippen LogP) is 1.87. The Kier molecular flexibility index (Phi) is 4.11. The van der Waals surface area contributed by atoms with Gasteiger partial charge in [-0.15, -0.1) is 0 Å². The highest BCUT2D eigenvalue weighted by molar-refractivity contribution is 4.98. The van der Waals surface area contributed by atoms with E-state index in [2.05, 4.69) is 38.0 Å². The van der Waals surface area contributed by atoms with E-state index in [0.717, 1.165) is 19.7 Å². The first kappa shape index (κ1) is 13.3. The Hall–Kier alpha value is -0.120. The van der Waals surface area contributed by atoms with Gasteiger partial charge in [0.25, 0.3) is 0 Å². The molecule has 1 aliphatic carbocycles. The molecule has 0 bridgehead atoms. The quantitative estimate of drug-likeness (QED) is 0.797. The summed E-state index contributed by atoms with van der Waals surface area (Å²) < 4.78 is 5.66. The Morgan fingerprint density at radius 2 is 2.12 bits per heavy atom. The number of nitrogens with zero attached hydrogens (tertiary/aromatic N) is 1. The lowest BCUT2D eigenvalue weighted by Crippen LogP contribution is -2.60. The van der Waals surface area contributed by atoms with Crippen molar-refractivity contribution in [2.24, 2.45) is 5.41 Å². The van der Waals surface area contributed by atoms with Crippen LogP contribution in [0.2, 0.25) is 0 Å². The van der Waals surface area contributed by atoms with Gasteiger partial charge in [-0.1, -0.05) is 20.3 Å². The summed E-state index contributed by atoms with van der Waals surface area (Å²) in [6, 6.07) is 1.30. The zero-order valence-electron chi connectivity index (χ0n) is 11.8. The molecule has 2 fully saturated rings. The molecule has 1 N–H and O–H groups in total. The molecule has 100 valence electrons. The minimum Gasteiger partial charge on any atom is -0.376 e. The summed E-state index contributed by atoms with van der Waals surface area (Å²) in [6.45, 7) is 10.1. The van der Waals surface area contributed by atoms with Crippen LogP contribution in [0.3, 0.4) is 0 Å². The molecule has 0 aromatic carbocycles. The van der Waals surface area contributed by atoms with Crippen LogP contribution in [0, 0.1) is 5.41 Å². The van der Waals surface area contributed by atoms with Crippen LogP contribution in [0.5, 0.6) is 0 Å². The highest BCUT2D eigenvalue weighted by Crippen LogP contribution is 2.38. The summed E-state index contributed by atoms with van der Waals surface area (Å²) in [5.41, 5.74) is 0.416. The van der Waals surface area contributed by atoms with Gasteiger partial charge in [0.2, 0.25) is 0 Å². The topological polar surface area (TPSA) is 24.5 Å². The molecule has 3 nitrogen and oxygen atoms in total. The highest BCUT2D eigenvalue weighted by atomic mass is 16.5. The molecular formula is C14H28N2O. The fourth-order valence-electron chi connectivity index (χ4n) is 3.73. The monoisotopic (exact) mass is 240 g/mol. The Labute approximate surface area is 106 Å². The molecule has 17 heavy (non-hydrogen) atoms. The molecule has 2 aliphatic rings. The van der Waals surface area contributed by atoms with E-state index < -0.39 is 0 Å². The number of ether oxygens (including phenoxy) is 1. The number of morpholine rings is 1. The molecule has 1 aliphatic heterocycles. The molecule has 3 unspecified atom stereocenters. The summed E-state index contributed by atoms with van der Waals surface area (Å²) in [5, 5.41) is 3.57. The molecule has 0 aromatic rings. The van der Waals surface area contributed by atoms with Crippen LogP contribution in [0.1, 0.15) is 40.0 Å². The lowest BCUT2D eigenvalue weighted by Gasteiger charge is -2.49. The lowest BCUT2D eigenvalue weighted by molar-refractivity contribution is -0.0570. The van der Waals surface area contributed by atoms with Gasteiger partial charge in [-0.05, 0) is 32.2 Å². The summed E-state index contributed by atoms with van der Waals surface area (Å²) >= 11 is 0. The molecule has 1 saturated heterocycles. The third kappa shape index (κ3) is 2.83. The normalized spacial score (nSPS) is 39.2. The second kappa shape index (κ2) is 5.25. The third-order valence-electron chi connectivity index (χ3n) is 4.60. The van der Waals surface area contributed by atoms with E-state index in [1.165, 1.54) is 19.3 Å². The van der Waals surface area contributed by atoms with Crippen LogP contribution in [0.25, 0.3) is 0 Å². The zero-order chi connectivity index (χ0) is 12.5. The summed E-state index contributed by atoms with van der Waals surface area (Å²) in [7, 11) is 2.12. The first-order valence-electron chi connectivity index (χ1n) is 7.07. The van der Waals surface area contributed by atoms with Gasteiger partial charge in [-0.25, -0.2) is 0 Å². The fourth-order valence-corrected chi connectivity index (χ4v) is 3.73. The fraction of sp³-hybridized carbons (Fsp3) is 1.00. The van der Waals surface area contributed by atoms with E-state index in [9.17, 15) is 0 Å². The second-order valence-electron chi connectivity index (χ2n) is 6.39. The maximum absolute atomic E-state index is 5.66. The molecule has 0 radical (unpaired) electrons. The minimum absolute atomic E-state index is 0.395. The van der Waals surface area contributed by atoms with Crippen LogP contribution >= 0.6 is 0 Å². The van der Waals surface area contributed by atoms with E-state index in [4.69, 9.17) is 4.74 Å². The molecule has 0 amide bonds.